The van der Waals surface area contributed by atoms with Crippen molar-refractivity contribution in [1.82, 2.24) is 5.32 Å². The third-order valence-corrected chi connectivity index (χ3v) is 3.86. The van der Waals surface area contributed by atoms with Gasteiger partial charge in [0.1, 0.15) is 0 Å². The normalized spacial score (nSPS) is 12.7. The molecule has 0 bridgehead atoms. The summed E-state index contributed by atoms with van der Waals surface area (Å²) in [6.45, 7) is 1.87. The topological polar surface area (TPSA) is 78.4 Å². The van der Waals surface area contributed by atoms with Crippen molar-refractivity contribution in [2.24, 2.45) is 0 Å². The lowest BCUT2D eigenvalue weighted by atomic mass is 9.83. The van der Waals surface area contributed by atoms with Gasteiger partial charge in [-0.25, -0.2) is 0 Å². The summed E-state index contributed by atoms with van der Waals surface area (Å²) in [5.74, 6) is -0.237. The van der Waals surface area contributed by atoms with Crippen LogP contribution in [0.4, 0.5) is 5.69 Å². The van der Waals surface area contributed by atoms with Crippen LogP contribution in [0, 0.1) is 0 Å². The van der Waals surface area contributed by atoms with Crippen LogP contribution in [0.1, 0.15) is 31.8 Å². The molecule has 1 aliphatic rings. The number of fused-ring (bicyclic) bond motifs is 2. The molecule has 5 nitrogen and oxygen atoms in total. The van der Waals surface area contributed by atoms with Gasteiger partial charge in [0.2, 0.25) is 0 Å². The zero-order valence-electron chi connectivity index (χ0n) is 12.6. The molecule has 1 aliphatic carbocycles. The van der Waals surface area contributed by atoms with Gasteiger partial charge < -0.3 is 15.7 Å². The molecule has 0 heterocycles. The molecule has 0 atom stereocenters. The van der Waals surface area contributed by atoms with Crippen molar-refractivity contribution in [1.29, 1.82) is 0 Å². The average molecular weight is 310 g/mol. The minimum absolute atomic E-state index is 0.0878. The molecule has 3 N–H and O–H groups in total. The molecule has 3 rings (SSSR count). The highest BCUT2D eigenvalue weighted by atomic mass is 16.3. The molecule has 5 heteroatoms. The van der Waals surface area contributed by atoms with E-state index in [9.17, 15) is 9.59 Å². The minimum Gasteiger partial charge on any atom is -0.395 e. The second-order valence-electron chi connectivity index (χ2n) is 5.33. The molecule has 0 radical (unpaired) electrons. The van der Waals surface area contributed by atoms with Gasteiger partial charge in [0.25, 0.3) is 0 Å². The number of hydrogen-bond acceptors (Lipinski definition) is 5. The van der Waals surface area contributed by atoms with E-state index in [2.05, 4.69) is 10.6 Å². The van der Waals surface area contributed by atoms with E-state index in [0.29, 0.717) is 47.6 Å². The lowest BCUT2D eigenvalue weighted by Crippen LogP contribution is -2.26. The van der Waals surface area contributed by atoms with Gasteiger partial charge in [-0.3, -0.25) is 9.59 Å². The number of aliphatic hydroxyl groups excluding tert-OH is 1. The van der Waals surface area contributed by atoms with E-state index < -0.39 is 0 Å². The van der Waals surface area contributed by atoms with E-state index >= 15 is 0 Å². The first-order valence-corrected chi connectivity index (χ1v) is 7.61. The van der Waals surface area contributed by atoms with E-state index in [1.165, 1.54) is 0 Å². The largest absolute Gasteiger partial charge is 0.395 e. The Morgan fingerprint density at radius 2 is 1.48 bits per heavy atom. The summed E-state index contributed by atoms with van der Waals surface area (Å²) in [5.41, 5.74) is 2.48. The zero-order chi connectivity index (χ0) is 16.2. The molecule has 0 unspecified atom stereocenters. The zero-order valence-corrected chi connectivity index (χ0v) is 12.6. The van der Waals surface area contributed by atoms with E-state index in [4.69, 9.17) is 5.11 Å². The molecule has 0 saturated carbocycles. The third-order valence-electron chi connectivity index (χ3n) is 3.86. The second kappa shape index (κ2) is 6.73. The van der Waals surface area contributed by atoms with Crippen molar-refractivity contribution in [3.63, 3.8) is 0 Å². The van der Waals surface area contributed by atoms with Crippen molar-refractivity contribution in [3.8, 4) is 0 Å². The number of ketones is 2. The Morgan fingerprint density at radius 3 is 2.22 bits per heavy atom. The molecule has 2 aromatic carbocycles. The second-order valence-corrected chi connectivity index (χ2v) is 5.33. The predicted molar refractivity (Wildman–Crippen MR) is 88.2 cm³/mol. The molecule has 0 fully saturated rings. The van der Waals surface area contributed by atoms with Gasteiger partial charge in [0, 0.05) is 42.0 Å². The van der Waals surface area contributed by atoms with E-state index in [1.807, 2.05) is 6.07 Å². The Morgan fingerprint density at radius 1 is 0.783 bits per heavy atom. The Hall–Kier alpha value is -2.50. The first-order valence-electron chi connectivity index (χ1n) is 7.61. The molecule has 0 aromatic heterocycles. The van der Waals surface area contributed by atoms with Gasteiger partial charge in [-0.05, 0) is 6.07 Å². The molecule has 0 amide bonds. The van der Waals surface area contributed by atoms with Crippen molar-refractivity contribution in [2.75, 3.05) is 31.6 Å². The SMILES string of the molecule is O=C1c2ccccc2C(=O)c2c(NCCNCCO)cccc21. The molecule has 0 aliphatic heterocycles. The number of nitrogens with one attached hydrogen (secondary N) is 2. The summed E-state index contributed by atoms with van der Waals surface area (Å²) in [7, 11) is 0. The van der Waals surface area contributed by atoms with Crippen LogP contribution in [0.2, 0.25) is 0 Å². The van der Waals surface area contributed by atoms with Crippen molar-refractivity contribution in [3.05, 3.63) is 64.7 Å². The number of carbonyl (C=O) groups excluding carboxylic acids is 2. The monoisotopic (exact) mass is 310 g/mol. The summed E-state index contributed by atoms with van der Waals surface area (Å²) in [6.07, 6.45) is 0. The van der Waals surface area contributed by atoms with Crippen LogP contribution in [0.5, 0.6) is 0 Å². The Kier molecular flexibility index (Phi) is 4.50. The number of hydrogen-bond donors (Lipinski definition) is 3. The van der Waals surface area contributed by atoms with Gasteiger partial charge in [0.15, 0.2) is 11.6 Å². The highest BCUT2D eigenvalue weighted by molar-refractivity contribution is 6.30. The van der Waals surface area contributed by atoms with Crippen LogP contribution in [0.3, 0.4) is 0 Å². The number of carbonyl (C=O) groups is 2. The molecule has 0 spiro atoms. The lowest BCUT2D eigenvalue weighted by Gasteiger charge is -2.20. The van der Waals surface area contributed by atoms with Crippen molar-refractivity contribution >= 4 is 17.3 Å². The maximum Gasteiger partial charge on any atom is 0.196 e. The van der Waals surface area contributed by atoms with Crippen LogP contribution in [-0.2, 0) is 0 Å². The Bertz CT molecular complexity index is 756. The number of aliphatic hydroxyl groups is 1. The standard InChI is InChI=1S/C18H18N2O3/c21-11-10-19-8-9-20-15-7-3-6-14-16(15)18(23)13-5-2-1-4-12(13)17(14)22/h1-7,19-21H,8-11H2. The van der Waals surface area contributed by atoms with Crippen LogP contribution in [0.15, 0.2) is 42.5 Å². The van der Waals surface area contributed by atoms with Gasteiger partial charge in [0.05, 0.1) is 12.2 Å². The summed E-state index contributed by atoms with van der Waals surface area (Å²) in [6, 6.07) is 12.2. The van der Waals surface area contributed by atoms with E-state index in [-0.39, 0.29) is 18.2 Å². The maximum absolute atomic E-state index is 12.8. The van der Waals surface area contributed by atoms with E-state index in [0.717, 1.165) is 0 Å². The quantitative estimate of drug-likeness (QED) is 0.601. The van der Waals surface area contributed by atoms with Crippen molar-refractivity contribution < 1.29 is 14.7 Å². The van der Waals surface area contributed by atoms with Crippen LogP contribution in [-0.4, -0.2) is 42.9 Å². The fraction of sp³-hybridized carbons (Fsp3) is 0.222. The summed E-state index contributed by atoms with van der Waals surface area (Å²) < 4.78 is 0. The van der Waals surface area contributed by atoms with Crippen molar-refractivity contribution in [2.45, 2.75) is 0 Å². The summed E-state index contributed by atoms with van der Waals surface area (Å²) in [5, 5.41) is 15.0. The van der Waals surface area contributed by atoms with Crippen LogP contribution in [0.25, 0.3) is 0 Å². The highest BCUT2D eigenvalue weighted by Crippen LogP contribution is 2.31. The summed E-state index contributed by atoms with van der Waals surface area (Å²) >= 11 is 0. The molecule has 2 aromatic rings. The van der Waals surface area contributed by atoms with Gasteiger partial charge in [-0.1, -0.05) is 36.4 Å². The number of anilines is 1. The first-order chi connectivity index (χ1) is 11.2. The number of rotatable bonds is 6. The Labute approximate surface area is 134 Å². The van der Waals surface area contributed by atoms with Gasteiger partial charge >= 0.3 is 0 Å². The van der Waals surface area contributed by atoms with Gasteiger partial charge in [-0.15, -0.1) is 0 Å². The van der Waals surface area contributed by atoms with Crippen LogP contribution < -0.4 is 10.6 Å². The predicted octanol–water partition coefficient (Wildman–Crippen LogP) is 1.46. The maximum atomic E-state index is 12.8. The third kappa shape index (κ3) is 2.88. The smallest absolute Gasteiger partial charge is 0.196 e. The molecule has 118 valence electrons. The first kappa shape index (κ1) is 15.4. The molecular weight excluding hydrogens is 292 g/mol. The summed E-state index contributed by atoms with van der Waals surface area (Å²) in [4.78, 5) is 25.4. The lowest BCUT2D eigenvalue weighted by molar-refractivity contribution is 0.0979. The average Bonchev–Trinajstić information content (AvgIpc) is 2.59. The number of benzene rings is 2. The minimum atomic E-state index is -0.124. The highest BCUT2D eigenvalue weighted by Gasteiger charge is 2.31. The molecule has 23 heavy (non-hydrogen) atoms. The van der Waals surface area contributed by atoms with Crippen LogP contribution >= 0.6 is 0 Å². The fourth-order valence-electron chi connectivity index (χ4n) is 2.78. The van der Waals surface area contributed by atoms with E-state index in [1.54, 1.807) is 36.4 Å². The molecule has 0 saturated heterocycles. The Balaban J connectivity index is 1.88. The van der Waals surface area contributed by atoms with Gasteiger partial charge in [-0.2, -0.15) is 0 Å². The fourth-order valence-corrected chi connectivity index (χ4v) is 2.78. The molecular formula is C18H18N2O3.